The number of aliphatic hydroxyl groups excluding tert-OH is 1. The summed E-state index contributed by atoms with van der Waals surface area (Å²) in [7, 11) is 3.68. The van der Waals surface area contributed by atoms with Crippen molar-refractivity contribution in [2.75, 3.05) is 25.5 Å². The number of nitrogens with one attached hydrogen (secondary N) is 2. The number of rotatable bonds is 9. The molecular formula is C24H32N8O2. The number of likely N-dealkylation sites (N-methyl/N-ethyl adjacent to an activating group) is 1. The standard InChI is InChI=1S/C24H32N8O2/c1-24(2,3)32-23-20(14-27-32)22(26-12-17-9-10-31(5)30-17)28-21(29-23)16-7-6-8-19(11-16)34-15-18(33)13-25-4/h6-11,14,18,25,33H,12-13,15H2,1-5H3,(H,26,28,29). The molecule has 34 heavy (non-hydrogen) atoms. The first-order chi connectivity index (χ1) is 16.2. The van der Waals surface area contributed by atoms with Crippen LogP contribution < -0.4 is 15.4 Å². The summed E-state index contributed by atoms with van der Waals surface area (Å²) >= 11 is 0. The van der Waals surface area contributed by atoms with E-state index in [2.05, 4.69) is 41.6 Å². The van der Waals surface area contributed by atoms with Crippen LogP contribution in [0.3, 0.4) is 0 Å². The molecule has 0 bridgehead atoms. The predicted molar refractivity (Wildman–Crippen MR) is 132 cm³/mol. The van der Waals surface area contributed by atoms with Gasteiger partial charge in [0.15, 0.2) is 11.5 Å². The Hall–Kier alpha value is -3.50. The molecule has 1 aromatic carbocycles. The van der Waals surface area contributed by atoms with Gasteiger partial charge < -0.3 is 20.5 Å². The highest BCUT2D eigenvalue weighted by atomic mass is 16.5. The van der Waals surface area contributed by atoms with E-state index in [1.54, 1.807) is 17.9 Å². The van der Waals surface area contributed by atoms with Crippen molar-refractivity contribution in [1.82, 2.24) is 34.8 Å². The van der Waals surface area contributed by atoms with Crippen LogP contribution in [0.15, 0.2) is 42.7 Å². The fourth-order valence-electron chi connectivity index (χ4n) is 3.61. The zero-order chi connectivity index (χ0) is 24.3. The summed E-state index contributed by atoms with van der Waals surface area (Å²) < 4.78 is 9.46. The minimum absolute atomic E-state index is 0.192. The first kappa shape index (κ1) is 23.7. The molecule has 4 aromatic rings. The van der Waals surface area contributed by atoms with Crippen LogP contribution in [0.2, 0.25) is 0 Å². The van der Waals surface area contributed by atoms with Gasteiger partial charge in [0.05, 0.1) is 29.4 Å². The average Bonchev–Trinajstić information content (AvgIpc) is 3.42. The zero-order valence-corrected chi connectivity index (χ0v) is 20.3. The van der Waals surface area contributed by atoms with Gasteiger partial charge in [-0.25, -0.2) is 14.6 Å². The second kappa shape index (κ2) is 9.78. The van der Waals surface area contributed by atoms with E-state index in [1.807, 2.05) is 48.3 Å². The average molecular weight is 465 g/mol. The second-order valence-electron chi connectivity index (χ2n) is 9.24. The van der Waals surface area contributed by atoms with E-state index < -0.39 is 6.10 Å². The Morgan fingerprint density at radius 3 is 2.71 bits per heavy atom. The van der Waals surface area contributed by atoms with Gasteiger partial charge in [-0.15, -0.1) is 0 Å². The normalized spacial score (nSPS) is 12.8. The van der Waals surface area contributed by atoms with Gasteiger partial charge in [-0.1, -0.05) is 12.1 Å². The highest BCUT2D eigenvalue weighted by Crippen LogP contribution is 2.29. The van der Waals surface area contributed by atoms with Crippen LogP contribution in [0.4, 0.5) is 5.82 Å². The summed E-state index contributed by atoms with van der Waals surface area (Å²) in [5, 5.41) is 26.2. The molecule has 180 valence electrons. The first-order valence-corrected chi connectivity index (χ1v) is 11.3. The second-order valence-corrected chi connectivity index (χ2v) is 9.24. The van der Waals surface area contributed by atoms with Crippen LogP contribution in [0.5, 0.6) is 5.75 Å². The molecule has 3 N–H and O–H groups in total. The fraction of sp³-hybridized carbons (Fsp3) is 0.417. The fourth-order valence-corrected chi connectivity index (χ4v) is 3.61. The van der Waals surface area contributed by atoms with Crippen molar-refractivity contribution in [3.05, 3.63) is 48.4 Å². The van der Waals surface area contributed by atoms with E-state index in [-0.39, 0.29) is 12.1 Å². The van der Waals surface area contributed by atoms with Crippen molar-refractivity contribution in [2.45, 2.75) is 39.0 Å². The molecule has 0 aliphatic rings. The van der Waals surface area contributed by atoms with Gasteiger partial charge in [0.2, 0.25) is 0 Å². The van der Waals surface area contributed by atoms with Gasteiger partial charge in [-0.05, 0) is 46.0 Å². The van der Waals surface area contributed by atoms with Gasteiger partial charge in [0.25, 0.3) is 0 Å². The largest absolute Gasteiger partial charge is 0.491 e. The van der Waals surface area contributed by atoms with Crippen molar-refractivity contribution in [3.8, 4) is 17.1 Å². The molecule has 3 aromatic heterocycles. The molecule has 4 rings (SSSR count). The summed E-state index contributed by atoms with van der Waals surface area (Å²) in [6, 6.07) is 9.54. The van der Waals surface area contributed by atoms with E-state index in [4.69, 9.17) is 14.7 Å². The maximum absolute atomic E-state index is 9.95. The van der Waals surface area contributed by atoms with Gasteiger partial charge >= 0.3 is 0 Å². The molecule has 1 unspecified atom stereocenters. The monoisotopic (exact) mass is 464 g/mol. The van der Waals surface area contributed by atoms with E-state index in [0.717, 1.165) is 22.3 Å². The quantitative estimate of drug-likeness (QED) is 0.346. The number of anilines is 1. The minimum Gasteiger partial charge on any atom is -0.491 e. The summed E-state index contributed by atoms with van der Waals surface area (Å²) in [5.41, 5.74) is 2.22. The van der Waals surface area contributed by atoms with Gasteiger partial charge in [0.1, 0.15) is 24.3 Å². The molecule has 0 aliphatic carbocycles. The number of hydrogen-bond donors (Lipinski definition) is 3. The Kier molecular flexibility index (Phi) is 6.80. The van der Waals surface area contributed by atoms with Crippen molar-refractivity contribution >= 4 is 16.9 Å². The zero-order valence-electron chi connectivity index (χ0n) is 20.3. The SMILES string of the molecule is CNCC(O)COc1cccc(-c2nc(NCc3ccn(C)n3)c3cnn(C(C)(C)C)c3n2)c1. The Balaban J connectivity index is 1.70. The maximum Gasteiger partial charge on any atom is 0.164 e. The molecule has 0 amide bonds. The van der Waals surface area contributed by atoms with E-state index in [9.17, 15) is 5.11 Å². The Bertz CT molecular complexity index is 1260. The summed E-state index contributed by atoms with van der Waals surface area (Å²) in [6.45, 7) is 7.45. The Morgan fingerprint density at radius 1 is 1.18 bits per heavy atom. The lowest BCUT2D eigenvalue weighted by Crippen LogP contribution is -2.29. The number of hydrogen-bond acceptors (Lipinski definition) is 8. The van der Waals surface area contributed by atoms with E-state index >= 15 is 0 Å². The van der Waals surface area contributed by atoms with Crippen molar-refractivity contribution in [2.24, 2.45) is 7.05 Å². The van der Waals surface area contributed by atoms with Gasteiger partial charge in [-0.2, -0.15) is 10.2 Å². The lowest BCUT2D eigenvalue weighted by molar-refractivity contribution is 0.108. The number of fused-ring (bicyclic) bond motifs is 1. The lowest BCUT2D eigenvalue weighted by Gasteiger charge is -2.20. The Morgan fingerprint density at radius 2 is 2.00 bits per heavy atom. The number of aliphatic hydroxyl groups is 1. The third-order valence-corrected chi connectivity index (χ3v) is 5.24. The van der Waals surface area contributed by atoms with Crippen LogP contribution in [0.25, 0.3) is 22.4 Å². The molecule has 0 aliphatic heterocycles. The van der Waals surface area contributed by atoms with E-state index in [1.165, 1.54) is 0 Å². The predicted octanol–water partition coefficient (Wildman–Crippen LogP) is 2.55. The van der Waals surface area contributed by atoms with Gasteiger partial charge in [-0.3, -0.25) is 4.68 Å². The number of aromatic nitrogens is 6. The van der Waals surface area contributed by atoms with Crippen molar-refractivity contribution in [3.63, 3.8) is 0 Å². The number of nitrogens with zero attached hydrogens (tertiary/aromatic N) is 6. The van der Waals surface area contributed by atoms with Gasteiger partial charge in [0, 0.05) is 25.4 Å². The topological polar surface area (TPSA) is 115 Å². The summed E-state index contributed by atoms with van der Waals surface area (Å²) in [6.07, 6.45) is 3.12. The number of aryl methyl sites for hydroxylation is 1. The Labute approximate surface area is 199 Å². The number of benzene rings is 1. The maximum atomic E-state index is 9.95. The molecule has 0 saturated heterocycles. The molecular weight excluding hydrogens is 432 g/mol. The highest BCUT2D eigenvalue weighted by Gasteiger charge is 2.21. The highest BCUT2D eigenvalue weighted by molar-refractivity contribution is 5.88. The number of ether oxygens (including phenoxy) is 1. The molecule has 10 heteroatoms. The lowest BCUT2D eigenvalue weighted by atomic mass is 10.1. The minimum atomic E-state index is -0.593. The van der Waals surface area contributed by atoms with Crippen LogP contribution in [0, 0.1) is 0 Å². The molecule has 0 radical (unpaired) electrons. The summed E-state index contributed by atoms with van der Waals surface area (Å²) in [4.78, 5) is 9.70. The third kappa shape index (κ3) is 5.35. The van der Waals surface area contributed by atoms with Crippen LogP contribution >= 0.6 is 0 Å². The smallest absolute Gasteiger partial charge is 0.164 e. The van der Waals surface area contributed by atoms with Crippen molar-refractivity contribution in [1.29, 1.82) is 0 Å². The third-order valence-electron chi connectivity index (χ3n) is 5.24. The summed E-state index contributed by atoms with van der Waals surface area (Å²) in [5.74, 6) is 1.89. The molecule has 1 atom stereocenters. The molecule has 3 heterocycles. The van der Waals surface area contributed by atoms with Crippen molar-refractivity contribution < 1.29 is 9.84 Å². The molecule has 10 nitrogen and oxygen atoms in total. The van der Waals surface area contributed by atoms with Crippen LogP contribution in [0.1, 0.15) is 26.5 Å². The van der Waals surface area contributed by atoms with Crippen LogP contribution in [-0.2, 0) is 19.1 Å². The van der Waals surface area contributed by atoms with E-state index in [0.29, 0.717) is 30.5 Å². The molecule has 0 fully saturated rings. The van der Waals surface area contributed by atoms with Crippen LogP contribution in [-0.4, -0.2) is 60.9 Å². The molecule has 0 spiro atoms. The first-order valence-electron chi connectivity index (χ1n) is 11.3. The molecule has 0 saturated carbocycles.